The predicted octanol–water partition coefficient (Wildman–Crippen LogP) is 4.84. The number of hydrogen-bond acceptors (Lipinski definition) is 1. The molecule has 1 aromatic rings. The predicted molar refractivity (Wildman–Crippen MR) is 78.6 cm³/mol. The Morgan fingerprint density at radius 3 is 2.56 bits per heavy atom. The average molecular weight is 307 g/mol. The monoisotopic (exact) mass is 306 g/mol. The van der Waals surface area contributed by atoms with Gasteiger partial charge in [-0.05, 0) is 49.0 Å². The van der Waals surface area contributed by atoms with Gasteiger partial charge in [0.2, 0.25) is 0 Å². The molecule has 96 valence electrons. The van der Waals surface area contributed by atoms with E-state index >= 15 is 0 Å². The van der Waals surface area contributed by atoms with Crippen molar-refractivity contribution in [2.75, 3.05) is 0 Å². The third-order valence-corrected chi connectivity index (χ3v) is 3.96. The van der Waals surface area contributed by atoms with Gasteiger partial charge in [-0.3, -0.25) is 4.79 Å². The quantitative estimate of drug-likeness (QED) is 0.781. The molecule has 1 aromatic carbocycles. The fourth-order valence-electron chi connectivity index (χ4n) is 2.35. The molecular formula is C16H19BrO. The molecule has 0 saturated heterocycles. The van der Waals surface area contributed by atoms with Crippen LogP contribution in [-0.4, -0.2) is 5.78 Å². The molecule has 0 saturated carbocycles. The van der Waals surface area contributed by atoms with Crippen LogP contribution in [0.15, 0.2) is 40.4 Å². The van der Waals surface area contributed by atoms with Gasteiger partial charge < -0.3 is 0 Å². The number of Topliss-reactive ketones (excluding diaryl/α,β-unsaturated/α-hetero) is 1. The lowest BCUT2D eigenvalue weighted by Crippen LogP contribution is -2.07. The molecule has 0 fully saturated rings. The molecule has 0 aromatic heterocycles. The first-order chi connectivity index (χ1) is 8.75. The Hall–Kier alpha value is -0.890. The zero-order valence-corrected chi connectivity index (χ0v) is 12.2. The van der Waals surface area contributed by atoms with Crippen molar-refractivity contribution in [3.63, 3.8) is 0 Å². The van der Waals surface area contributed by atoms with Crippen molar-refractivity contribution >= 4 is 21.7 Å². The molecular weight excluding hydrogens is 288 g/mol. The van der Waals surface area contributed by atoms with Crippen molar-refractivity contribution in [3.8, 4) is 0 Å². The van der Waals surface area contributed by atoms with Crippen molar-refractivity contribution < 1.29 is 4.79 Å². The van der Waals surface area contributed by atoms with E-state index in [-0.39, 0.29) is 0 Å². The number of halogens is 1. The van der Waals surface area contributed by atoms with Crippen LogP contribution in [0.2, 0.25) is 0 Å². The highest BCUT2D eigenvalue weighted by atomic mass is 79.9. The van der Waals surface area contributed by atoms with Crippen molar-refractivity contribution in [2.24, 2.45) is 0 Å². The minimum absolute atomic E-state index is 0.305. The number of carbonyl (C=O) groups excluding carboxylic acids is 1. The maximum Gasteiger partial charge on any atom is 0.162 e. The number of rotatable bonds is 3. The smallest absolute Gasteiger partial charge is 0.162 e. The van der Waals surface area contributed by atoms with Gasteiger partial charge in [-0.25, -0.2) is 0 Å². The molecule has 1 aliphatic rings. The Morgan fingerprint density at radius 1 is 1.06 bits per heavy atom. The topological polar surface area (TPSA) is 17.1 Å². The van der Waals surface area contributed by atoms with Crippen LogP contribution >= 0.6 is 15.9 Å². The first-order valence-corrected chi connectivity index (χ1v) is 7.52. The maximum atomic E-state index is 12.2. The molecule has 0 bridgehead atoms. The summed E-state index contributed by atoms with van der Waals surface area (Å²) in [4.78, 5) is 12.2. The minimum Gasteiger partial charge on any atom is -0.294 e. The summed E-state index contributed by atoms with van der Waals surface area (Å²) in [5.41, 5.74) is 2.16. The van der Waals surface area contributed by atoms with Gasteiger partial charge in [-0.15, -0.1) is 0 Å². The van der Waals surface area contributed by atoms with Gasteiger partial charge in [-0.2, -0.15) is 0 Å². The van der Waals surface area contributed by atoms with Gasteiger partial charge in [0.25, 0.3) is 0 Å². The molecule has 0 amide bonds. The van der Waals surface area contributed by atoms with Crippen molar-refractivity contribution in [2.45, 2.75) is 44.9 Å². The van der Waals surface area contributed by atoms with E-state index < -0.39 is 0 Å². The number of allylic oxidation sites excluding steroid dienone is 2. The lowest BCUT2D eigenvalue weighted by atomic mass is 9.94. The van der Waals surface area contributed by atoms with Crippen molar-refractivity contribution in [3.05, 3.63) is 46.0 Å². The lowest BCUT2D eigenvalue weighted by Gasteiger charge is -2.10. The molecule has 2 heteroatoms. The van der Waals surface area contributed by atoms with Crippen molar-refractivity contribution in [1.82, 2.24) is 0 Å². The minimum atomic E-state index is 0.305. The van der Waals surface area contributed by atoms with E-state index in [1.54, 1.807) is 0 Å². The Labute approximate surface area is 117 Å². The van der Waals surface area contributed by atoms with Gasteiger partial charge in [0.05, 0.1) is 0 Å². The second-order valence-corrected chi connectivity index (χ2v) is 5.82. The molecule has 0 radical (unpaired) electrons. The fourth-order valence-corrected chi connectivity index (χ4v) is 2.61. The third-order valence-electron chi connectivity index (χ3n) is 3.43. The summed E-state index contributed by atoms with van der Waals surface area (Å²) in [6.45, 7) is 0. The number of ketones is 1. The molecule has 0 spiro atoms. The van der Waals surface area contributed by atoms with Crippen LogP contribution in [0.4, 0.5) is 0 Å². The molecule has 0 atom stereocenters. The molecule has 0 N–H and O–H groups in total. The van der Waals surface area contributed by atoms with Crippen molar-refractivity contribution in [1.29, 1.82) is 0 Å². The summed E-state index contributed by atoms with van der Waals surface area (Å²) in [6.07, 6.45) is 9.72. The van der Waals surface area contributed by atoms with Gasteiger partial charge in [0.1, 0.15) is 0 Å². The Bertz CT molecular complexity index is 431. The maximum absolute atomic E-state index is 12.2. The first kappa shape index (κ1) is 13.5. The van der Waals surface area contributed by atoms with Gasteiger partial charge in [0.15, 0.2) is 5.78 Å². The molecule has 2 rings (SSSR count). The van der Waals surface area contributed by atoms with E-state index in [0.717, 1.165) is 34.9 Å². The molecule has 18 heavy (non-hydrogen) atoms. The Kier molecular flexibility index (Phi) is 5.18. The lowest BCUT2D eigenvalue weighted by molar-refractivity contribution is -0.115. The van der Waals surface area contributed by atoms with Crippen LogP contribution in [-0.2, 0) is 11.2 Å². The second kappa shape index (κ2) is 6.89. The van der Waals surface area contributed by atoms with Crippen LogP contribution in [0.3, 0.4) is 0 Å². The van der Waals surface area contributed by atoms with Crippen LogP contribution in [0.1, 0.15) is 44.1 Å². The molecule has 0 heterocycles. The van der Waals surface area contributed by atoms with Crippen LogP contribution in [0, 0.1) is 0 Å². The SMILES string of the molecule is O=C(Cc1ccc(Br)cc1)/C1=C/CCCCCC1. The van der Waals surface area contributed by atoms with Crippen LogP contribution in [0.5, 0.6) is 0 Å². The molecule has 0 aliphatic heterocycles. The third kappa shape index (κ3) is 4.09. The summed E-state index contributed by atoms with van der Waals surface area (Å²) in [5.74, 6) is 0.305. The van der Waals surface area contributed by atoms with Gasteiger partial charge in [0, 0.05) is 10.9 Å². The molecule has 1 nitrogen and oxygen atoms in total. The molecule has 0 unspecified atom stereocenters. The summed E-state index contributed by atoms with van der Waals surface area (Å²) in [6, 6.07) is 8.03. The fraction of sp³-hybridized carbons (Fsp3) is 0.438. The number of hydrogen-bond donors (Lipinski definition) is 0. The zero-order valence-electron chi connectivity index (χ0n) is 10.6. The summed E-state index contributed by atoms with van der Waals surface area (Å²) < 4.78 is 1.06. The van der Waals surface area contributed by atoms with Crippen LogP contribution in [0.25, 0.3) is 0 Å². The van der Waals surface area contributed by atoms with Crippen LogP contribution < -0.4 is 0 Å². The van der Waals surface area contributed by atoms with E-state index in [0.29, 0.717) is 12.2 Å². The average Bonchev–Trinajstić information content (AvgIpc) is 2.31. The largest absolute Gasteiger partial charge is 0.294 e. The van der Waals surface area contributed by atoms with Gasteiger partial charge >= 0.3 is 0 Å². The Morgan fingerprint density at radius 2 is 1.78 bits per heavy atom. The van der Waals surface area contributed by atoms with E-state index in [1.807, 2.05) is 24.3 Å². The number of carbonyl (C=O) groups is 1. The second-order valence-electron chi connectivity index (χ2n) is 4.91. The summed E-state index contributed by atoms with van der Waals surface area (Å²) in [7, 11) is 0. The normalized spacial score (nSPS) is 19.5. The highest BCUT2D eigenvalue weighted by Crippen LogP contribution is 2.19. The van der Waals surface area contributed by atoms with E-state index in [1.165, 1.54) is 19.3 Å². The van der Waals surface area contributed by atoms with E-state index in [4.69, 9.17) is 0 Å². The zero-order chi connectivity index (χ0) is 12.8. The van der Waals surface area contributed by atoms with E-state index in [9.17, 15) is 4.79 Å². The summed E-state index contributed by atoms with van der Waals surface area (Å²) >= 11 is 3.41. The first-order valence-electron chi connectivity index (χ1n) is 6.72. The highest BCUT2D eigenvalue weighted by molar-refractivity contribution is 9.10. The number of benzene rings is 1. The standard InChI is InChI=1S/C16H19BrO/c17-15-10-8-13(9-11-15)12-16(18)14-6-4-2-1-3-5-7-14/h6,8-11H,1-5,7,12H2/b14-6+. The highest BCUT2D eigenvalue weighted by Gasteiger charge is 2.11. The van der Waals surface area contributed by atoms with E-state index in [2.05, 4.69) is 22.0 Å². The Balaban J connectivity index is 1.99. The van der Waals surface area contributed by atoms with Gasteiger partial charge in [-0.1, -0.05) is 47.0 Å². The molecule has 1 aliphatic carbocycles. The summed E-state index contributed by atoms with van der Waals surface area (Å²) in [5, 5.41) is 0.